The Morgan fingerprint density at radius 3 is 2.87 bits per heavy atom. The third-order valence-electron chi connectivity index (χ3n) is 4.73. The van der Waals surface area contributed by atoms with E-state index in [2.05, 4.69) is 5.10 Å². The first-order valence-electron chi connectivity index (χ1n) is 7.53. The summed E-state index contributed by atoms with van der Waals surface area (Å²) in [5.74, 6) is -0.415. The first-order valence-corrected chi connectivity index (χ1v) is 7.53. The minimum absolute atomic E-state index is 0.0645. The molecule has 0 spiro atoms. The molecule has 3 unspecified atom stereocenters. The summed E-state index contributed by atoms with van der Waals surface area (Å²) in [6, 6.07) is -0.148. The summed E-state index contributed by atoms with van der Waals surface area (Å²) >= 11 is 0. The fraction of sp³-hybridized carbons (Fsp3) is 0.643. The van der Waals surface area contributed by atoms with Crippen LogP contribution in [0.5, 0.6) is 0 Å². The number of esters is 1. The molecule has 2 bridgehead atoms. The van der Waals surface area contributed by atoms with Gasteiger partial charge in [-0.05, 0) is 25.2 Å². The summed E-state index contributed by atoms with van der Waals surface area (Å²) in [7, 11) is 1.36. The van der Waals surface area contributed by atoms with Gasteiger partial charge in [-0.15, -0.1) is 0 Å². The average molecular weight is 322 g/mol. The lowest BCUT2D eigenvalue weighted by atomic mass is 9.72. The zero-order valence-electron chi connectivity index (χ0n) is 12.8. The first kappa shape index (κ1) is 15.4. The molecule has 0 radical (unpaired) electrons. The number of fused-ring (bicyclic) bond motifs is 3. The molecule has 3 fully saturated rings. The number of hydrogen-bond donors (Lipinski definition) is 0. The van der Waals surface area contributed by atoms with Crippen LogP contribution < -0.4 is 0 Å². The number of hydrogen-bond acceptors (Lipinski definition) is 6. The van der Waals surface area contributed by atoms with Crippen LogP contribution in [-0.4, -0.2) is 51.2 Å². The average Bonchev–Trinajstić information content (AvgIpc) is 3.03. The Bertz CT molecular complexity index is 643. The van der Waals surface area contributed by atoms with Gasteiger partial charge in [0, 0.05) is 12.6 Å². The van der Waals surface area contributed by atoms with Crippen molar-refractivity contribution in [2.24, 2.45) is 11.8 Å². The summed E-state index contributed by atoms with van der Waals surface area (Å²) in [5.41, 5.74) is -0.148. The van der Waals surface area contributed by atoms with E-state index in [0.717, 1.165) is 25.5 Å². The van der Waals surface area contributed by atoms with Crippen LogP contribution >= 0.6 is 0 Å². The van der Waals surface area contributed by atoms with Crippen LogP contribution in [0.1, 0.15) is 19.3 Å². The zero-order chi connectivity index (χ0) is 16.6. The van der Waals surface area contributed by atoms with E-state index in [4.69, 9.17) is 4.74 Å². The second-order valence-electron chi connectivity index (χ2n) is 6.08. The molecule has 1 aliphatic carbocycles. The molecule has 3 heterocycles. The maximum Gasteiger partial charge on any atom is 0.310 e. The van der Waals surface area contributed by atoms with E-state index >= 15 is 0 Å². The van der Waals surface area contributed by atoms with Crippen molar-refractivity contribution in [1.82, 2.24) is 14.7 Å². The summed E-state index contributed by atoms with van der Waals surface area (Å²) in [6.45, 7) is 0.561. The maximum atomic E-state index is 12.5. The smallest absolute Gasteiger partial charge is 0.310 e. The van der Waals surface area contributed by atoms with Gasteiger partial charge in [0.05, 0.1) is 18.0 Å². The predicted molar refractivity (Wildman–Crippen MR) is 77.2 cm³/mol. The van der Waals surface area contributed by atoms with Gasteiger partial charge >= 0.3 is 11.7 Å². The van der Waals surface area contributed by atoms with Crippen molar-refractivity contribution in [2.45, 2.75) is 31.8 Å². The Labute approximate surface area is 132 Å². The minimum atomic E-state index is -0.551. The highest BCUT2D eigenvalue weighted by Crippen LogP contribution is 2.39. The monoisotopic (exact) mass is 322 g/mol. The lowest BCUT2D eigenvalue weighted by Gasteiger charge is -2.48. The second kappa shape index (κ2) is 5.98. The molecular weight excluding hydrogens is 304 g/mol. The number of methoxy groups -OCH3 is 1. The van der Waals surface area contributed by atoms with Crippen molar-refractivity contribution in [2.75, 3.05) is 13.7 Å². The number of nitro groups is 1. The van der Waals surface area contributed by atoms with E-state index in [-0.39, 0.29) is 36.1 Å². The Kier molecular flexibility index (Phi) is 4.01. The zero-order valence-corrected chi connectivity index (χ0v) is 12.8. The third kappa shape index (κ3) is 2.90. The van der Waals surface area contributed by atoms with Gasteiger partial charge in [0.15, 0.2) is 0 Å². The number of aromatic nitrogens is 2. The Morgan fingerprint density at radius 1 is 1.48 bits per heavy atom. The lowest BCUT2D eigenvalue weighted by molar-refractivity contribution is -0.385. The van der Waals surface area contributed by atoms with E-state index in [1.165, 1.54) is 18.0 Å². The molecular formula is C14H18N4O5. The molecule has 2 aliphatic heterocycles. The Hall–Kier alpha value is -2.45. The molecule has 4 rings (SSSR count). The highest BCUT2D eigenvalue weighted by atomic mass is 16.6. The highest BCUT2D eigenvalue weighted by molar-refractivity contribution is 5.79. The van der Waals surface area contributed by atoms with Gasteiger partial charge in [-0.25, -0.2) is 0 Å². The molecule has 1 aromatic rings. The Morgan fingerprint density at radius 2 is 2.26 bits per heavy atom. The van der Waals surface area contributed by atoms with E-state index in [1.807, 2.05) is 0 Å². The van der Waals surface area contributed by atoms with Crippen LogP contribution in [0.25, 0.3) is 0 Å². The van der Waals surface area contributed by atoms with Crippen LogP contribution in [0.2, 0.25) is 0 Å². The largest absolute Gasteiger partial charge is 0.469 e. The van der Waals surface area contributed by atoms with Gasteiger partial charge < -0.3 is 9.64 Å². The van der Waals surface area contributed by atoms with E-state index in [0.29, 0.717) is 12.5 Å². The molecule has 0 N–H and O–H groups in total. The fourth-order valence-corrected chi connectivity index (χ4v) is 3.65. The van der Waals surface area contributed by atoms with Gasteiger partial charge in [-0.1, -0.05) is 0 Å². The van der Waals surface area contributed by atoms with E-state index < -0.39 is 4.92 Å². The second-order valence-corrected chi connectivity index (χ2v) is 6.08. The number of nitrogens with zero attached hydrogens (tertiary/aromatic N) is 4. The minimum Gasteiger partial charge on any atom is -0.469 e. The molecule has 3 aliphatic rings. The summed E-state index contributed by atoms with van der Waals surface area (Å²) in [4.78, 5) is 36.3. The molecule has 9 nitrogen and oxygen atoms in total. The van der Waals surface area contributed by atoms with Crippen molar-refractivity contribution >= 4 is 17.6 Å². The number of ether oxygens (including phenoxy) is 1. The molecule has 1 saturated carbocycles. The van der Waals surface area contributed by atoms with Crippen molar-refractivity contribution in [1.29, 1.82) is 0 Å². The standard InChI is InChI=1S/C14H18N4O5/c1-23-14(20)11-4-9-2-3-12(11)17(6-9)13(19)8-16-7-10(5-15-16)18(21)22/h5,7,9,11-12H,2-4,6,8H2,1H3. The lowest BCUT2D eigenvalue weighted by Crippen LogP contribution is -2.57. The molecule has 0 aromatic carbocycles. The summed E-state index contributed by atoms with van der Waals surface area (Å²) < 4.78 is 6.11. The molecule has 9 heteroatoms. The normalized spacial score (nSPS) is 26.1. The molecule has 3 atom stereocenters. The van der Waals surface area contributed by atoms with Crippen molar-refractivity contribution in [3.8, 4) is 0 Å². The van der Waals surface area contributed by atoms with Crippen LogP contribution in [0.15, 0.2) is 12.4 Å². The van der Waals surface area contributed by atoms with Crippen LogP contribution in [0, 0.1) is 22.0 Å². The number of carbonyl (C=O) groups excluding carboxylic acids is 2. The third-order valence-corrected chi connectivity index (χ3v) is 4.73. The van der Waals surface area contributed by atoms with Crippen LogP contribution in [0.3, 0.4) is 0 Å². The molecule has 124 valence electrons. The van der Waals surface area contributed by atoms with Crippen molar-refractivity contribution < 1.29 is 19.2 Å². The van der Waals surface area contributed by atoms with Gasteiger partial charge in [0.1, 0.15) is 18.9 Å². The first-order chi connectivity index (χ1) is 11.0. The number of carbonyl (C=O) groups is 2. The van der Waals surface area contributed by atoms with Crippen LogP contribution in [-0.2, 0) is 20.9 Å². The summed E-state index contributed by atoms with van der Waals surface area (Å²) in [6.07, 6.45) is 4.91. The van der Waals surface area contributed by atoms with E-state index in [1.54, 1.807) is 4.90 Å². The number of amides is 1. The quantitative estimate of drug-likeness (QED) is 0.456. The molecule has 1 amide bonds. The molecule has 1 aromatic heterocycles. The van der Waals surface area contributed by atoms with E-state index in [9.17, 15) is 19.7 Å². The van der Waals surface area contributed by atoms with Gasteiger partial charge in [0.25, 0.3) is 0 Å². The Balaban J connectivity index is 1.71. The number of rotatable bonds is 4. The van der Waals surface area contributed by atoms with Gasteiger partial charge in [-0.3, -0.25) is 24.4 Å². The maximum absolute atomic E-state index is 12.5. The van der Waals surface area contributed by atoms with Crippen molar-refractivity contribution in [3.05, 3.63) is 22.5 Å². The van der Waals surface area contributed by atoms with Gasteiger partial charge in [0.2, 0.25) is 5.91 Å². The molecule has 2 saturated heterocycles. The SMILES string of the molecule is COC(=O)C1CC2CCC1N(C(=O)Cn1cc([N+](=O)[O-])cn1)C2. The highest BCUT2D eigenvalue weighted by Gasteiger charge is 2.46. The predicted octanol–water partition coefficient (Wildman–Crippen LogP) is 0.591. The number of piperidine rings is 2. The van der Waals surface area contributed by atoms with Gasteiger partial charge in [-0.2, -0.15) is 5.10 Å². The molecule has 23 heavy (non-hydrogen) atoms. The van der Waals surface area contributed by atoms with Crippen molar-refractivity contribution in [3.63, 3.8) is 0 Å². The summed E-state index contributed by atoms with van der Waals surface area (Å²) in [5, 5.41) is 14.5. The van der Waals surface area contributed by atoms with Crippen LogP contribution in [0.4, 0.5) is 5.69 Å². The fourth-order valence-electron chi connectivity index (χ4n) is 3.65. The topological polar surface area (TPSA) is 108 Å².